The number of rotatable bonds is 7. The number of benzene rings is 2. The second kappa shape index (κ2) is 9.09. The third kappa shape index (κ3) is 4.40. The molecular formula is C26H26N6O3. The number of methoxy groups -OCH3 is 1. The molecule has 0 saturated heterocycles. The lowest BCUT2D eigenvalue weighted by Crippen LogP contribution is -2.32. The third-order valence-corrected chi connectivity index (χ3v) is 5.98. The van der Waals surface area contributed by atoms with Crippen LogP contribution in [0.2, 0.25) is 0 Å². The molecule has 5 aromatic rings. The number of aromatic nitrogens is 5. The summed E-state index contributed by atoms with van der Waals surface area (Å²) in [6.07, 6.45) is 3.32. The van der Waals surface area contributed by atoms with E-state index < -0.39 is 0 Å². The SMILES string of the molecule is COc1cccc(CNC(=O)Cn2nc3c4cc(-c5ccc(C(C)C)cc5)nn4ccn3c2=O)c1. The highest BCUT2D eigenvalue weighted by Crippen LogP contribution is 2.24. The average molecular weight is 471 g/mol. The quantitative estimate of drug-likeness (QED) is 0.394. The molecule has 35 heavy (non-hydrogen) atoms. The molecule has 2 aromatic carbocycles. The molecular weight excluding hydrogens is 444 g/mol. The van der Waals surface area contributed by atoms with Crippen molar-refractivity contribution in [1.29, 1.82) is 0 Å². The fourth-order valence-corrected chi connectivity index (χ4v) is 3.99. The third-order valence-electron chi connectivity index (χ3n) is 5.98. The Hall–Kier alpha value is -4.40. The van der Waals surface area contributed by atoms with Gasteiger partial charge >= 0.3 is 5.69 Å². The molecule has 0 radical (unpaired) electrons. The van der Waals surface area contributed by atoms with Gasteiger partial charge in [0.05, 0.1) is 12.8 Å². The molecule has 0 aliphatic rings. The summed E-state index contributed by atoms with van der Waals surface area (Å²) in [7, 11) is 1.59. The van der Waals surface area contributed by atoms with E-state index >= 15 is 0 Å². The topological polar surface area (TPSA) is 94.9 Å². The van der Waals surface area contributed by atoms with E-state index in [9.17, 15) is 9.59 Å². The molecule has 5 rings (SSSR count). The molecule has 1 N–H and O–H groups in total. The molecule has 0 bridgehead atoms. The summed E-state index contributed by atoms with van der Waals surface area (Å²) in [6.45, 7) is 4.45. The molecule has 0 saturated carbocycles. The Balaban J connectivity index is 1.39. The Labute approximate surface area is 201 Å². The molecule has 178 valence electrons. The van der Waals surface area contributed by atoms with Crippen LogP contribution in [0.1, 0.15) is 30.9 Å². The van der Waals surface area contributed by atoms with Gasteiger partial charge in [0.25, 0.3) is 0 Å². The zero-order chi connectivity index (χ0) is 24.5. The summed E-state index contributed by atoms with van der Waals surface area (Å²) in [5, 5.41) is 11.9. The number of nitrogens with zero attached hydrogens (tertiary/aromatic N) is 5. The predicted octanol–water partition coefficient (Wildman–Crippen LogP) is 3.26. The van der Waals surface area contributed by atoms with E-state index in [-0.39, 0.29) is 18.1 Å². The van der Waals surface area contributed by atoms with Crippen LogP contribution in [0.3, 0.4) is 0 Å². The van der Waals surface area contributed by atoms with Crippen LogP contribution in [0.15, 0.2) is 71.8 Å². The minimum atomic E-state index is -0.386. The highest BCUT2D eigenvalue weighted by Gasteiger charge is 2.15. The van der Waals surface area contributed by atoms with Crippen LogP contribution < -0.4 is 15.7 Å². The van der Waals surface area contributed by atoms with Crippen LogP contribution in [0.25, 0.3) is 22.4 Å². The Morgan fingerprint density at radius 2 is 1.86 bits per heavy atom. The Morgan fingerprint density at radius 1 is 1.06 bits per heavy atom. The van der Waals surface area contributed by atoms with Gasteiger partial charge in [-0.05, 0) is 35.2 Å². The first-order valence-electron chi connectivity index (χ1n) is 11.4. The van der Waals surface area contributed by atoms with E-state index in [0.29, 0.717) is 29.4 Å². The van der Waals surface area contributed by atoms with Crippen molar-refractivity contribution in [3.8, 4) is 17.0 Å². The molecule has 3 aromatic heterocycles. The standard InChI is InChI=1S/C26H26N6O3/c1-17(2)19-7-9-20(10-8-19)22-14-23-25-29-32(26(34)30(25)11-12-31(23)28-22)16-24(33)27-15-18-5-4-6-21(13-18)35-3/h4-14,17H,15-16H2,1-3H3,(H,27,33). The maximum Gasteiger partial charge on any atom is 0.350 e. The van der Waals surface area contributed by atoms with Gasteiger partial charge in [-0.15, -0.1) is 5.10 Å². The lowest BCUT2D eigenvalue weighted by Gasteiger charge is -2.06. The first kappa shape index (κ1) is 22.4. The molecule has 0 aliphatic carbocycles. The highest BCUT2D eigenvalue weighted by atomic mass is 16.5. The zero-order valence-electron chi connectivity index (χ0n) is 19.8. The minimum absolute atomic E-state index is 0.186. The van der Waals surface area contributed by atoms with Crippen LogP contribution >= 0.6 is 0 Å². The predicted molar refractivity (Wildman–Crippen MR) is 133 cm³/mol. The van der Waals surface area contributed by atoms with Crippen LogP contribution in [0.5, 0.6) is 5.75 Å². The van der Waals surface area contributed by atoms with Crippen molar-refractivity contribution in [2.75, 3.05) is 7.11 Å². The molecule has 0 spiro atoms. The van der Waals surface area contributed by atoms with Crippen molar-refractivity contribution in [2.45, 2.75) is 32.9 Å². The van der Waals surface area contributed by atoms with Crippen molar-refractivity contribution in [1.82, 2.24) is 29.1 Å². The largest absolute Gasteiger partial charge is 0.497 e. The van der Waals surface area contributed by atoms with Gasteiger partial charge in [0.2, 0.25) is 5.91 Å². The van der Waals surface area contributed by atoms with Crippen molar-refractivity contribution in [3.63, 3.8) is 0 Å². The van der Waals surface area contributed by atoms with Crippen molar-refractivity contribution < 1.29 is 9.53 Å². The second-order valence-electron chi connectivity index (χ2n) is 8.70. The van der Waals surface area contributed by atoms with E-state index in [2.05, 4.69) is 41.5 Å². The molecule has 0 atom stereocenters. The molecule has 0 unspecified atom stereocenters. The van der Waals surface area contributed by atoms with Gasteiger partial charge in [-0.25, -0.2) is 18.4 Å². The number of nitrogens with one attached hydrogen (secondary N) is 1. The molecule has 0 fully saturated rings. The van der Waals surface area contributed by atoms with E-state index in [0.717, 1.165) is 16.8 Å². The van der Waals surface area contributed by atoms with Gasteiger partial charge in [-0.3, -0.25) is 4.79 Å². The number of carbonyl (C=O) groups excluding carboxylic acids is 1. The number of carbonyl (C=O) groups is 1. The number of ether oxygens (including phenoxy) is 1. The summed E-state index contributed by atoms with van der Waals surface area (Å²) in [5.41, 5.74) is 4.66. The van der Waals surface area contributed by atoms with E-state index in [1.807, 2.05) is 42.5 Å². The second-order valence-corrected chi connectivity index (χ2v) is 8.70. The fraction of sp³-hybridized carbons (Fsp3) is 0.231. The van der Waals surface area contributed by atoms with Gasteiger partial charge in [-0.2, -0.15) is 5.10 Å². The van der Waals surface area contributed by atoms with Gasteiger partial charge in [0.1, 0.15) is 17.8 Å². The molecule has 9 nitrogen and oxygen atoms in total. The van der Waals surface area contributed by atoms with Gasteiger partial charge in [0, 0.05) is 24.5 Å². The molecule has 0 aliphatic heterocycles. The monoisotopic (exact) mass is 470 g/mol. The maximum absolute atomic E-state index is 12.9. The minimum Gasteiger partial charge on any atom is -0.497 e. The Bertz CT molecular complexity index is 1580. The number of fused-ring (bicyclic) bond motifs is 3. The smallest absolute Gasteiger partial charge is 0.350 e. The van der Waals surface area contributed by atoms with Crippen molar-refractivity contribution in [2.24, 2.45) is 0 Å². The van der Waals surface area contributed by atoms with Crippen molar-refractivity contribution >= 4 is 17.1 Å². The number of amides is 1. The highest BCUT2D eigenvalue weighted by molar-refractivity contribution is 5.77. The fourth-order valence-electron chi connectivity index (χ4n) is 3.99. The van der Waals surface area contributed by atoms with Crippen molar-refractivity contribution in [3.05, 3.63) is 88.6 Å². The summed E-state index contributed by atoms with van der Waals surface area (Å²) >= 11 is 0. The van der Waals surface area contributed by atoms with E-state index in [1.54, 1.807) is 24.0 Å². The van der Waals surface area contributed by atoms with Gasteiger partial charge in [0.15, 0.2) is 5.65 Å². The summed E-state index contributed by atoms with van der Waals surface area (Å²) in [4.78, 5) is 25.4. The maximum atomic E-state index is 12.9. The first-order chi connectivity index (χ1) is 16.9. The van der Waals surface area contributed by atoms with E-state index in [4.69, 9.17) is 4.74 Å². The first-order valence-corrected chi connectivity index (χ1v) is 11.4. The molecule has 3 heterocycles. The number of hydrogen-bond donors (Lipinski definition) is 1. The summed E-state index contributed by atoms with van der Waals surface area (Å²) in [6, 6.07) is 17.6. The summed E-state index contributed by atoms with van der Waals surface area (Å²) in [5.74, 6) is 0.857. The van der Waals surface area contributed by atoms with Crippen LogP contribution in [-0.2, 0) is 17.9 Å². The van der Waals surface area contributed by atoms with Crippen LogP contribution in [0.4, 0.5) is 0 Å². The van der Waals surface area contributed by atoms with Crippen LogP contribution in [-0.4, -0.2) is 36.8 Å². The van der Waals surface area contributed by atoms with Gasteiger partial charge < -0.3 is 10.1 Å². The normalized spacial score (nSPS) is 11.4. The van der Waals surface area contributed by atoms with E-state index in [1.165, 1.54) is 14.6 Å². The Kier molecular flexibility index (Phi) is 5.82. The van der Waals surface area contributed by atoms with Crippen LogP contribution in [0, 0.1) is 0 Å². The lowest BCUT2D eigenvalue weighted by atomic mass is 10.0. The lowest BCUT2D eigenvalue weighted by molar-refractivity contribution is -0.122. The summed E-state index contributed by atoms with van der Waals surface area (Å²) < 4.78 is 9.50. The molecule has 1 amide bonds. The molecule has 9 heteroatoms. The average Bonchev–Trinajstić information content (AvgIpc) is 3.44. The van der Waals surface area contributed by atoms with Gasteiger partial charge in [-0.1, -0.05) is 50.2 Å². The Morgan fingerprint density at radius 3 is 2.60 bits per heavy atom. The zero-order valence-corrected chi connectivity index (χ0v) is 19.8. The number of hydrogen-bond acceptors (Lipinski definition) is 5.